The fourth-order valence-corrected chi connectivity index (χ4v) is 4.27. The van der Waals surface area contributed by atoms with Crippen LogP contribution in [0.3, 0.4) is 0 Å². The summed E-state index contributed by atoms with van der Waals surface area (Å²) in [6.45, 7) is 1.42. The lowest BCUT2D eigenvalue weighted by molar-refractivity contribution is 0.362. The second-order valence-electron chi connectivity index (χ2n) is 6.95. The van der Waals surface area contributed by atoms with Crippen LogP contribution in [-0.2, 0) is 11.2 Å². The maximum absolute atomic E-state index is 11.8. The zero-order valence-electron chi connectivity index (χ0n) is 14.4. The number of piperazine rings is 1. The van der Waals surface area contributed by atoms with E-state index in [1.807, 2.05) is 11.0 Å². The molecule has 1 aliphatic carbocycles. The van der Waals surface area contributed by atoms with Crippen LogP contribution in [0.25, 0.3) is 0 Å². The molecule has 2 atom stereocenters. The highest BCUT2D eigenvalue weighted by atomic mass is 16.3. The van der Waals surface area contributed by atoms with Crippen molar-refractivity contribution in [1.82, 2.24) is 10.2 Å². The summed E-state index contributed by atoms with van der Waals surface area (Å²) < 4.78 is 5.20. The van der Waals surface area contributed by atoms with Gasteiger partial charge in [-0.3, -0.25) is 0 Å². The van der Waals surface area contributed by atoms with Crippen molar-refractivity contribution in [2.24, 2.45) is 4.99 Å². The molecular weight excluding hydrogens is 328 g/mol. The fraction of sp³-hybridized carbons (Fsp3) is 0.350. The van der Waals surface area contributed by atoms with Gasteiger partial charge in [0.2, 0.25) is 5.96 Å². The van der Waals surface area contributed by atoms with Gasteiger partial charge in [-0.1, -0.05) is 12.1 Å². The van der Waals surface area contributed by atoms with Crippen molar-refractivity contribution in [3.05, 3.63) is 59.2 Å². The lowest BCUT2D eigenvalue weighted by Crippen LogP contribution is -2.49. The molecule has 0 radical (unpaired) electrons. The molecular formula is C20H20N4O2. The summed E-state index contributed by atoms with van der Waals surface area (Å²) in [5.41, 5.74) is 5.28. The van der Waals surface area contributed by atoms with Crippen LogP contribution in [0, 0.1) is 0 Å². The van der Waals surface area contributed by atoms with Crippen LogP contribution in [0.1, 0.15) is 41.6 Å². The van der Waals surface area contributed by atoms with Crippen LogP contribution in [0.4, 0.5) is 5.69 Å². The van der Waals surface area contributed by atoms with E-state index in [4.69, 9.17) is 9.41 Å². The molecule has 0 saturated carbocycles. The molecule has 26 heavy (non-hydrogen) atoms. The summed E-state index contributed by atoms with van der Waals surface area (Å²) in [7, 11) is 0. The second kappa shape index (κ2) is 6.16. The number of hydrogen-bond donors (Lipinski definition) is 2. The highest BCUT2D eigenvalue weighted by Gasteiger charge is 2.34. The van der Waals surface area contributed by atoms with Gasteiger partial charge in [-0.25, -0.2) is 9.79 Å². The summed E-state index contributed by atoms with van der Waals surface area (Å²) in [6, 6.07) is 8.20. The average Bonchev–Trinajstić information content (AvgIpc) is 3.22. The van der Waals surface area contributed by atoms with E-state index in [1.165, 1.54) is 11.1 Å². The van der Waals surface area contributed by atoms with Gasteiger partial charge in [-0.05, 0) is 37.0 Å². The predicted molar refractivity (Wildman–Crippen MR) is 98.5 cm³/mol. The monoisotopic (exact) mass is 348 g/mol. The van der Waals surface area contributed by atoms with E-state index in [-0.39, 0.29) is 12.1 Å². The number of aryl methyl sites for hydroxylation is 1. The lowest BCUT2D eigenvalue weighted by Gasteiger charge is -2.39. The van der Waals surface area contributed by atoms with Gasteiger partial charge in [0.1, 0.15) is 11.6 Å². The molecule has 6 nitrogen and oxygen atoms in total. The predicted octanol–water partition coefficient (Wildman–Crippen LogP) is 2.80. The van der Waals surface area contributed by atoms with Crippen molar-refractivity contribution >= 4 is 17.6 Å². The minimum absolute atomic E-state index is 0.168. The molecule has 1 fully saturated rings. The van der Waals surface area contributed by atoms with E-state index < -0.39 is 0 Å². The molecule has 0 spiro atoms. The number of rotatable bonds is 1. The Morgan fingerprint density at radius 1 is 1.31 bits per heavy atom. The Bertz CT molecular complexity index is 912. The summed E-state index contributed by atoms with van der Waals surface area (Å²) in [4.78, 5) is 18.8. The average molecular weight is 348 g/mol. The number of nitrogens with zero attached hydrogens (tertiary/aromatic N) is 2. The molecule has 132 valence electrons. The number of nitrogens with one attached hydrogen (secondary N) is 2. The Morgan fingerprint density at radius 3 is 3.12 bits per heavy atom. The standard InChI is InChI=1S/C20H20N4O2/c25-11-17-19(14-7-10-26-12-14)21-8-9-24(17)20-22-15-5-1-3-13-4-2-6-16(23-20)18(13)15/h1,3,5,7,10,12,16,19,21H,2,4,6,8-9H2,(H,22,23). The van der Waals surface area contributed by atoms with Crippen LogP contribution >= 0.6 is 0 Å². The number of aliphatic imine (C=N–C) groups is 1. The van der Waals surface area contributed by atoms with Gasteiger partial charge < -0.3 is 20.0 Å². The number of anilines is 1. The molecule has 0 bridgehead atoms. The first-order valence-electron chi connectivity index (χ1n) is 9.10. The number of hydrogen-bond acceptors (Lipinski definition) is 6. The molecule has 5 rings (SSSR count). The fourth-order valence-electron chi connectivity index (χ4n) is 4.27. The first-order chi connectivity index (χ1) is 12.8. The number of benzene rings is 1. The number of carbonyl (C=O) groups excluding carboxylic acids is 1. The minimum Gasteiger partial charge on any atom is -0.472 e. The molecule has 2 aromatic rings. The maximum Gasteiger partial charge on any atom is 0.204 e. The Morgan fingerprint density at radius 2 is 2.27 bits per heavy atom. The summed E-state index contributed by atoms with van der Waals surface area (Å²) in [6.07, 6.45) is 6.59. The van der Waals surface area contributed by atoms with E-state index in [2.05, 4.69) is 34.8 Å². The van der Waals surface area contributed by atoms with E-state index in [0.717, 1.165) is 43.0 Å². The van der Waals surface area contributed by atoms with Gasteiger partial charge in [0.15, 0.2) is 0 Å². The SMILES string of the molecule is O=C=C1C(c2ccoc2)NCCN1C1=NC2CCCc3cccc(c32)N1. The Labute approximate surface area is 151 Å². The van der Waals surface area contributed by atoms with Crippen LogP contribution in [0.5, 0.6) is 0 Å². The lowest BCUT2D eigenvalue weighted by atomic mass is 9.86. The first-order valence-corrected chi connectivity index (χ1v) is 9.10. The second-order valence-corrected chi connectivity index (χ2v) is 6.95. The molecule has 6 heteroatoms. The number of guanidine groups is 1. The zero-order valence-corrected chi connectivity index (χ0v) is 14.4. The van der Waals surface area contributed by atoms with Crippen LogP contribution in [0.15, 0.2) is 51.9 Å². The van der Waals surface area contributed by atoms with E-state index in [9.17, 15) is 4.79 Å². The van der Waals surface area contributed by atoms with E-state index in [0.29, 0.717) is 12.2 Å². The molecule has 1 aromatic carbocycles. The van der Waals surface area contributed by atoms with Gasteiger partial charge in [0.05, 0.1) is 24.6 Å². The Balaban J connectivity index is 1.52. The Hall–Kier alpha value is -2.82. The minimum atomic E-state index is -0.233. The summed E-state index contributed by atoms with van der Waals surface area (Å²) in [5.74, 6) is 2.88. The first kappa shape index (κ1) is 15.4. The van der Waals surface area contributed by atoms with Crippen LogP contribution < -0.4 is 10.6 Å². The molecule has 3 heterocycles. The quantitative estimate of drug-likeness (QED) is 0.776. The smallest absolute Gasteiger partial charge is 0.204 e. The molecule has 1 saturated heterocycles. The van der Waals surface area contributed by atoms with Crippen LogP contribution in [0.2, 0.25) is 0 Å². The third-order valence-electron chi connectivity index (χ3n) is 5.46. The molecule has 2 unspecified atom stereocenters. The maximum atomic E-state index is 11.8. The molecule has 1 aromatic heterocycles. The third-order valence-corrected chi connectivity index (χ3v) is 5.46. The largest absolute Gasteiger partial charge is 0.472 e. The van der Waals surface area contributed by atoms with E-state index in [1.54, 1.807) is 12.5 Å². The van der Waals surface area contributed by atoms with Crippen molar-refractivity contribution in [1.29, 1.82) is 0 Å². The van der Waals surface area contributed by atoms with Crippen molar-refractivity contribution in [2.75, 3.05) is 18.4 Å². The topological polar surface area (TPSA) is 69.9 Å². The van der Waals surface area contributed by atoms with Crippen molar-refractivity contribution in [3.63, 3.8) is 0 Å². The normalized spacial score (nSPS) is 24.4. The van der Waals surface area contributed by atoms with Gasteiger partial charge >= 0.3 is 0 Å². The van der Waals surface area contributed by atoms with Gasteiger partial charge in [0.25, 0.3) is 0 Å². The van der Waals surface area contributed by atoms with Gasteiger partial charge in [-0.2, -0.15) is 0 Å². The summed E-state index contributed by atoms with van der Waals surface area (Å²) >= 11 is 0. The third kappa shape index (κ3) is 2.38. The molecule has 2 aliphatic heterocycles. The summed E-state index contributed by atoms with van der Waals surface area (Å²) in [5, 5.41) is 6.83. The van der Waals surface area contributed by atoms with Crippen molar-refractivity contribution in [2.45, 2.75) is 31.3 Å². The highest BCUT2D eigenvalue weighted by Crippen LogP contribution is 2.41. The molecule has 2 N–H and O–H groups in total. The molecule has 0 amide bonds. The van der Waals surface area contributed by atoms with Crippen molar-refractivity contribution < 1.29 is 9.21 Å². The van der Waals surface area contributed by atoms with Crippen LogP contribution in [-0.4, -0.2) is 29.9 Å². The molecule has 3 aliphatic rings. The van der Waals surface area contributed by atoms with E-state index >= 15 is 0 Å². The Kier molecular flexibility index (Phi) is 3.66. The van der Waals surface area contributed by atoms with Gasteiger partial charge in [-0.15, -0.1) is 0 Å². The van der Waals surface area contributed by atoms with Crippen molar-refractivity contribution in [3.8, 4) is 0 Å². The zero-order chi connectivity index (χ0) is 17.5. The van der Waals surface area contributed by atoms with Gasteiger partial charge in [0, 0.05) is 29.9 Å². The highest BCUT2D eigenvalue weighted by molar-refractivity contribution is 5.98. The number of furan rings is 1.